The molecule has 94 valence electrons. The lowest BCUT2D eigenvalue weighted by Crippen LogP contribution is -2.19. The lowest BCUT2D eigenvalue weighted by molar-refractivity contribution is 0.0695. The maximum absolute atomic E-state index is 13.1. The van der Waals surface area contributed by atoms with Crippen molar-refractivity contribution in [2.45, 2.75) is 13.5 Å². The van der Waals surface area contributed by atoms with Crippen molar-refractivity contribution in [3.05, 3.63) is 45.8 Å². The molecule has 2 aromatic rings. The summed E-state index contributed by atoms with van der Waals surface area (Å²) in [5, 5.41) is 8.74. The van der Waals surface area contributed by atoms with Crippen molar-refractivity contribution in [2.75, 3.05) is 0 Å². The highest BCUT2D eigenvalue weighted by Crippen LogP contribution is 2.17. The molecule has 0 radical (unpaired) electrons. The van der Waals surface area contributed by atoms with Crippen molar-refractivity contribution in [1.82, 2.24) is 4.57 Å². The van der Waals surface area contributed by atoms with Crippen LogP contribution in [-0.2, 0) is 6.54 Å². The Morgan fingerprint density at radius 2 is 1.94 bits per heavy atom. The first-order valence-electron chi connectivity index (χ1n) is 5.21. The Hall–Kier alpha value is -2.24. The molecule has 0 saturated carbocycles. The van der Waals surface area contributed by atoms with Gasteiger partial charge < -0.3 is 9.67 Å². The number of carboxylic acids is 1. The van der Waals surface area contributed by atoms with Crippen LogP contribution in [0.1, 0.15) is 17.3 Å². The van der Waals surface area contributed by atoms with Crippen molar-refractivity contribution in [2.24, 2.45) is 0 Å². The van der Waals surface area contributed by atoms with Crippen LogP contribution in [0.2, 0.25) is 0 Å². The number of hydrogen-bond donors (Lipinski definition) is 1. The first kappa shape index (κ1) is 12.2. The molecule has 1 aromatic heterocycles. The highest BCUT2D eigenvalue weighted by atomic mass is 19.2. The fraction of sp³-hybridized carbons (Fsp3) is 0.167. The standard InChI is InChI=1S/C12H9F2NO3/c1-2-15-5-7(12(17)18)11(16)6-3-8(13)9(14)4-10(6)15/h3-5H,2H2,1H3,(H,17,18). The van der Waals surface area contributed by atoms with Gasteiger partial charge in [0, 0.05) is 24.2 Å². The number of benzene rings is 1. The smallest absolute Gasteiger partial charge is 0.341 e. The van der Waals surface area contributed by atoms with Crippen LogP contribution in [-0.4, -0.2) is 15.6 Å². The van der Waals surface area contributed by atoms with Gasteiger partial charge in [0.25, 0.3) is 0 Å². The Bertz CT molecular complexity index is 707. The highest BCUT2D eigenvalue weighted by Gasteiger charge is 2.16. The molecule has 1 heterocycles. The number of halogens is 2. The lowest BCUT2D eigenvalue weighted by Gasteiger charge is -2.10. The summed E-state index contributed by atoms with van der Waals surface area (Å²) in [7, 11) is 0. The average Bonchev–Trinajstić information content (AvgIpc) is 2.32. The van der Waals surface area contributed by atoms with Crippen LogP contribution < -0.4 is 5.43 Å². The minimum absolute atomic E-state index is 0.143. The monoisotopic (exact) mass is 253 g/mol. The predicted octanol–water partition coefficient (Wildman–Crippen LogP) is 2.00. The van der Waals surface area contributed by atoms with Crippen LogP contribution in [0.5, 0.6) is 0 Å². The zero-order chi connectivity index (χ0) is 13.4. The van der Waals surface area contributed by atoms with Crippen LogP contribution in [0.15, 0.2) is 23.1 Å². The maximum Gasteiger partial charge on any atom is 0.341 e. The molecule has 4 nitrogen and oxygen atoms in total. The van der Waals surface area contributed by atoms with Gasteiger partial charge in [-0.2, -0.15) is 0 Å². The number of pyridine rings is 1. The summed E-state index contributed by atoms with van der Waals surface area (Å²) in [5.41, 5.74) is -1.11. The fourth-order valence-corrected chi connectivity index (χ4v) is 1.80. The van der Waals surface area contributed by atoms with E-state index in [-0.39, 0.29) is 10.9 Å². The van der Waals surface area contributed by atoms with E-state index < -0.39 is 28.6 Å². The maximum atomic E-state index is 13.1. The number of carboxylic acid groups (broad SMARTS) is 1. The summed E-state index contributed by atoms with van der Waals surface area (Å²) in [6.07, 6.45) is 1.13. The molecule has 0 fully saturated rings. The van der Waals surface area contributed by atoms with Gasteiger partial charge >= 0.3 is 5.97 Å². The molecule has 0 bridgehead atoms. The SMILES string of the molecule is CCn1cc(C(=O)O)c(=O)c2cc(F)c(F)cc21. The minimum Gasteiger partial charge on any atom is -0.477 e. The number of fused-ring (bicyclic) bond motifs is 1. The molecule has 0 aliphatic rings. The summed E-state index contributed by atoms with van der Waals surface area (Å²) in [6.45, 7) is 2.04. The number of nitrogens with zero attached hydrogens (tertiary/aromatic N) is 1. The van der Waals surface area contributed by atoms with Gasteiger partial charge in [0.2, 0.25) is 5.43 Å². The number of rotatable bonds is 2. The lowest BCUT2D eigenvalue weighted by atomic mass is 10.1. The Kier molecular flexibility index (Phi) is 2.86. The number of aromatic carboxylic acids is 1. The van der Waals surface area contributed by atoms with Crippen LogP contribution >= 0.6 is 0 Å². The third-order valence-electron chi connectivity index (χ3n) is 2.69. The minimum atomic E-state index is -1.39. The first-order valence-corrected chi connectivity index (χ1v) is 5.21. The normalized spacial score (nSPS) is 10.8. The summed E-state index contributed by atoms with van der Waals surface area (Å²) in [6, 6.07) is 1.62. The Balaban J connectivity index is 2.99. The highest BCUT2D eigenvalue weighted by molar-refractivity contribution is 5.92. The van der Waals surface area contributed by atoms with E-state index in [1.165, 1.54) is 4.57 Å². The van der Waals surface area contributed by atoms with Crippen molar-refractivity contribution in [1.29, 1.82) is 0 Å². The number of carbonyl (C=O) groups is 1. The molecule has 0 saturated heterocycles. The molecule has 1 aromatic carbocycles. The molecule has 0 unspecified atom stereocenters. The quantitative estimate of drug-likeness (QED) is 0.890. The van der Waals surface area contributed by atoms with Gasteiger partial charge in [-0.3, -0.25) is 4.79 Å². The second-order valence-corrected chi connectivity index (χ2v) is 3.75. The van der Waals surface area contributed by atoms with Gasteiger partial charge in [-0.05, 0) is 13.0 Å². The van der Waals surface area contributed by atoms with Crippen LogP contribution in [0.4, 0.5) is 8.78 Å². The van der Waals surface area contributed by atoms with E-state index in [0.29, 0.717) is 6.54 Å². The van der Waals surface area contributed by atoms with Crippen LogP contribution in [0.25, 0.3) is 10.9 Å². The Morgan fingerprint density at radius 1 is 1.33 bits per heavy atom. The largest absolute Gasteiger partial charge is 0.477 e. The molecule has 0 amide bonds. The zero-order valence-corrected chi connectivity index (χ0v) is 9.41. The molecule has 0 atom stereocenters. The molecule has 1 N–H and O–H groups in total. The van der Waals surface area contributed by atoms with Gasteiger partial charge in [0.05, 0.1) is 5.52 Å². The van der Waals surface area contributed by atoms with Crippen molar-refractivity contribution in [3.63, 3.8) is 0 Å². The van der Waals surface area contributed by atoms with Gasteiger partial charge in [-0.15, -0.1) is 0 Å². The van der Waals surface area contributed by atoms with E-state index in [4.69, 9.17) is 5.11 Å². The predicted molar refractivity (Wildman–Crippen MR) is 60.8 cm³/mol. The van der Waals surface area contributed by atoms with Crippen molar-refractivity contribution >= 4 is 16.9 Å². The molecule has 0 aliphatic heterocycles. The van der Waals surface area contributed by atoms with E-state index in [2.05, 4.69) is 0 Å². The summed E-state index contributed by atoms with van der Waals surface area (Å²) in [5.74, 6) is -3.65. The van der Waals surface area contributed by atoms with Gasteiger partial charge in [-0.25, -0.2) is 13.6 Å². The number of hydrogen-bond acceptors (Lipinski definition) is 2. The summed E-state index contributed by atoms with van der Waals surface area (Å²) in [4.78, 5) is 22.7. The van der Waals surface area contributed by atoms with Crippen LogP contribution in [0.3, 0.4) is 0 Å². The first-order chi connectivity index (χ1) is 8.45. The molecule has 6 heteroatoms. The van der Waals surface area contributed by atoms with E-state index in [1.54, 1.807) is 6.92 Å². The van der Waals surface area contributed by atoms with Crippen molar-refractivity contribution in [3.8, 4) is 0 Å². The molecule has 0 spiro atoms. The fourth-order valence-electron chi connectivity index (χ4n) is 1.80. The topological polar surface area (TPSA) is 59.3 Å². The summed E-state index contributed by atoms with van der Waals surface area (Å²) < 4.78 is 27.7. The van der Waals surface area contributed by atoms with E-state index in [0.717, 1.165) is 18.3 Å². The third kappa shape index (κ3) is 1.75. The molecule has 2 rings (SSSR count). The molecular formula is C12H9F2NO3. The molecule has 0 aliphatic carbocycles. The Morgan fingerprint density at radius 3 is 2.50 bits per heavy atom. The van der Waals surface area contributed by atoms with E-state index in [9.17, 15) is 18.4 Å². The van der Waals surface area contributed by atoms with E-state index in [1.807, 2.05) is 0 Å². The average molecular weight is 253 g/mol. The van der Waals surface area contributed by atoms with Gasteiger partial charge in [0.1, 0.15) is 5.56 Å². The van der Waals surface area contributed by atoms with Crippen molar-refractivity contribution < 1.29 is 18.7 Å². The van der Waals surface area contributed by atoms with Gasteiger partial charge in [-0.1, -0.05) is 0 Å². The molecule has 18 heavy (non-hydrogen) atoms. The summed E-state index contributed by atoms with van der Waals surface area (Å²) >= 11 is 0. The second-order valence-electron chi connectivity index (χ2n) is 3.75. The third-order valence-corrected chi connectivity index (χ3v) is 2.69. The molecular weight excluding hydrogens is 244 g/mol. The van der Waals surface area contributed by atoms with E-state index >= 15 is 0 Å². The number of aromatic nitrogens is 1. The zero-order valence-electron chi connectivity index (χ0n) is 9.41. The van der Waals surface area contributed by atoms with Crippen LogP contribution in [0, 0.1) is 11.6 Å². The number of aryl methyl sites for hydroxylation is 1. The van der Waals surface area contributed by atoms with Gasteiger partial charge in [0.15, 0.2) is 11.6 Å². The second kappa shape index (κ2) is 4.21. The Labute approximate surface area is 100 Å².